The fraction of sp³-hybridized carbons (Fsp3) is 0.357. The number of H-pyrrole nitrogens is 1. The number of hydrogen-bond donors (Lipinski definition) is 1. The predicted molar refractivity (Wildman–Crippen MR) is 78.7 cm³/mol. The summed E-state index contributed by atoms with van der Waals surface area (Å²) in [5.41, 5.74) is 0.953. The zero-order valence-electron chi connectivity index (χ0n) is 11.1. The minimum atomic E-state index is 0.109. The number of carbonyl (C=O) groups excluding carboxylic acids is 1. The van der Waals surface area contributed by atoms with E-state index in [2.05, 4.69) is 10.2 Å². The van der Waals surface area contributed by atoms with Gasteiger partial charge in [-0.05, 0) is 25.1 Å². The Hall–Kier alpha value is -1.95. The molecule has 0 saturated carbocycles. The molecule has 0 spiro atoms. The molecule has 5 nitrogen and oxygen atoms in total. The highest BCUT2D eigenvalue weighted by Gasteiger charge is 2.20. The number of likely N-dealkylation sites (tertiary alicyclic amines) is 1. The van der Waals surface area contributed by atoms with Crippen LogP contribution < -0.4 is 0 Å². The summed E-state index contributed by atoms with van der Waals surface area (Å²) in [4.78, 5) is 14.2. The van der Waals surface area contributed by atoms with Gasteiger partial charge in [-0.1, -0.05) is 30.3 Å². The lowest BCUT2D eigenvalue weighted by molar-refractivity contribution is -0.130. The van der Waals surface area contributed by atoms with Crippen LogP contribution in [-0.4, -0.2) is 38.7 Å². The van der Waals surface area contributed by atoms with Crippen LogP contribution >= 0.6 is 12.2 Å². The van der Waals surface area contributed by atoms with Gasteiger partial charge in [0.25, 0.3) is 0 Å². The van der Waals surface area contributed by atoms with Crippen molar-refractivity contribution in [1.29, 1.82) is 0 Å². The maximum atomic E-state index is 12.3. The Balaban J connectivity index is 1.88. The van der Waals surface area contributed by atoms with E-state index in [1.54, 1.807) is 4.57 Å². The zero-order valence-corrected chi connectivity index (χ0v) is 11.9. The Labute approximate surface area is 122 Å². The lowest BCUT2D eigenvalue weighted by atomic mass is 10.2. The molecule has 1 saturated heterocycles. The van der Waals surface area contributed by atoms with Gasteiger partial charge in [-0.2, -0.15) is 5.10 Å². The van der Waals surface area contributed by atoms with Gasteiger partial charge < -0.3 is 4.90 Å². The predicted octanol–water partition coefficient (Wildman–Crippen LogP) is 2.23. The van der Waals surface area contributed by atoms with Crippen molar-refractivity contribution >= 4 is 18.1 Å². The van der Waals surface area contributed by atoms with Gasteiger partial charge in [0, 0.05) is 18.7 Å². The van der Waals surface area contributed by atoms with Crippen LogP contribution in [0.3, 0.4) is 0 Å². The van der Waals surface area contributed by atoms with E-state index in [0.717, 1.165) is 31.5 Å². The van der Waals surface area contributed by atoms with Crippen molar-refractivity contribution in [2.75, 3.05) is 13.1 Å². The van der Waals surface area contributed by atoms with Gasteiger partial charge in [-0.3, -0.25) is 14.5 Å². The summed E-state index contributed by atoms with van der Waals surface area (Å²) < 4.78 is 2.25. The number of rotatable bonds is 3. The van der Waals surface area contributed by atoms with E-state index in [4.69, 9.17) is 12.2 Å². The van der Waals surface area contributed by atoms with Crippen LogP contribution in [0.4, 0.5) is 0 Å². The average molecular weight is 288 g/mol. The van der Waals surface area contributed by atoms with Gasteiger partial charge in [-0.15, -0.1) is 0 Å². The van der Waals surface area contributed by atoms with Crippen LogP contribution in [0.1, 0.15) is 12.8 Å². The minimum absolute atomic E-state index is 0.109. The third kappa shape index (κ3) is 2.51. The first-order valence-corrected chi connectivity index (χ1v) is 7.15. The van der Waals surface area contributed by atoms with Crippen molar-refractivity contribution in [3.63, 3.8) is 0 Å². The van der Waals surface area contributed by atoms with Crippen molar-refractivity contribution in [3.8, 4) is 11.4 Å². The van der Waals surface area contributed by atoms with Gasteiger partial charge in [-0.25, -0.2) is 0 Å². The van der Waals surface area contributed by atoms with Crippen molar-refractivity contribution in [2.45, 2.75) is 19.4 Å². The summed E-state index contributed by atoms with van der Waals surface area (Å²) in [6.45, 7) is 1.95. The molecule has 1 amide bonds. The fourth-order valence-corrected chi connectivity index (χ4v) is 2.67. The van der Waals surface area contributed by atoms with Gasteiger partial charge in [0.1, 0.15) is 6.54 Å². The molecule has 3 rings (SSSR count). The molecule has 0 atom stereocenters. The molecule has 0 radical (unpaired) electrons. The van der Waals surface area contributed by atoms with Crippen LogP contribution in [0.2, 0.25) is 0 Å². The second-order valence-corrected chi connectivity index (χ2v) is 5.28. The second-order valence-electron chi connectivity index (χ2n) is 4.89. The molecule has 1 aliphatic rings. The summed E-state index contributed by atoms with van der Waals surface area (Å²) in [6, 6.07) is 9.76. The molecule has 0 aliphatic carbocycles. The van der Waals surface area contributed by atoms with Gasteiger partial charge >= 0.3 is 0 Å². The first kappa shape index (κ1) is 13.1. The van der Waals surface area contributed by atoms with Gasteiger partial charge in [0.15, 0.2) is 10.6 Å². The Morgan fingerprint density at radius 3 is 2.65 bits per heavy atom. The lowest BCUT2D eigenvalue weighted by Gasteiger charge is -2.16. The first-order valence-electron chi connectivity index (χ1n) is 6.74. The van der Waals surface area contributed by atoms with Crippen LogP contribution in [0.5, 0.6) is 0 Å². The van der Waals surface area contributed by atoms with E-state index in [0.29, 0.717) is 10.6 Å². The number of aromatic nitrogens is 3. The molecule has 2 heterocycles. The summed E-state index contributed by atoms with van der Waals surface area (Å²) in [5, 5.41) is 7.02. The molecule has 0 bridgehead atoms. The summed E-state index contributed by atoms with van der Waals surface area (Å²) >= 11 is 5.24. The number of aromatic amines is 1. The smallest absolute Gasteiger partial charge is 0.242 e. The fourth-order valence-electron chi connectivity index (χ4n) is 2.47. The molecular weight excluding hydrogens is 272 g/mol. The Kier molecular flexibility index (Phi) is 3.64. The minimum Gasteiger partial charge on any atom is -0.341 e. The highest BCUT2D eigenvalue weighted by molar-refractivity contribution is 7.71. The van der Waals surface area contributed by atoms with E-state index < -0.39 is 0 Å². The number of hydrogen-bond acceptors (Lipinski definition) is 3. The molecule has 1 N–H and O–H groups in total. The number of nitrogens with zero attached hydrogens (tertiary/aromatic N) is 3. The van der Waals surface area contributed by atoms with E-state index >= 15 is 0 Å². The highest BCUT2D eigenvalue weighted by Crippen LogP contribution is 2.17. The number of carbonyl (C=O) groups is 1. The SMILES string of the molecule is O=C(Cn1c(-c2ccccc2)n[nH]c1=S)N1CCCC1. The lowest BCUT2D eigenvalue weighted by Crippen LogP contribution is -2.31. The number of benzene rings is 1. The molecule has 2 aromatic rings. The zero-order chi connectivity index (χ0) is 13.9. The van der Waals surface area contributed by atoms with Crippen LogP contribution in [-0.2, 0) is 11.3 Å². The average Bonchev–Trinajstić information content (AvgIpc) is 3.11. The molecule has 0 unspecified atom stereocenters. The van der Waals surface area contributed by atoms with E-state index in [9.17, 15) is 4.79 Å². The van der Waals surface area contributed by atoms with Crippen molar-refractivity contribution < 1.29 is 4.79 Å². The number of nitrogens with one attached hydrogen (secondary N) is 1. The normalized spacial score (nSPS) is 14.7. The van der Waals surface area contributed by atoms with Crippen molar-refractivity contribution in [2.24, 2.45) is 0 Å². The van der Waals surface area contributed by atoms with Gasteiger partial charge in [0.05, 0.1) is 0 Å². The summed E-state index contributed by atoms with van der Waals surface area (Å²) in [7, 11) is 0. The Morgan fingerprint density at radius 1 is 1.25 bits per heavy atom. The van der Waals surface area contributed by atoms with E-state index in [-0.39, 0.29) is 12.5 Å². The standard InChI is InChI=1S/C14H16N4OS/c19-12(17-8-4-5-9-17)10-18-13(15-16-14(18)20)11-6-2-1-3-7-11/h1-3,6-7H,4-5,8-10H2,(H,16,20). The summed E-state index contributed by atoms with van der Waals surface area (Å²) in [6.07, 6.45) is 2.18. The molecule has 6 heteroatoms. The molecule has 1 aromatic heterocycles. The van der Waals surface area contributed by atoms with Crippen molar-refractivity contribution in [3.05, 3.63) is 35.1 Å². The molecule has 1 aromatic carbocycles. The van der Waals surface area contributed by atoms with Crippen molar-refractivity contribution in [1.82, 2.24) is 19.7 Å². The Bertz CT molecular complexity index is 655. The molecule has 20 heavy (non-hydrogen) atoms. The first-order chi connectivity index (χ1) is 9.75. The Morgan fingerprint density at radius 2 is 1.95 bits per heavy atom. The second kappa shape index (κ2) is 5.58. The van der Waals surface area contributed by atoms with E-state index in [1.807, 2.05) is 35.2 Å². The molecule has 104 valence electrons. The molecular formula is C14H16N4OS. The molecule has 1 aliphatic heterocycles. The monoisotopic (exact) mass is 288 g/mol. The van der Waals surface area contributed by atoms with Crippen LogP contribution in [0, 0.1) is 4.77 Å². The maximum Gasteiger partial charge on any atom is 0.242 e. The molecule has 1 fully saturated rings. The summed E-state index contributed by atoms with van der Waals surface area (Å²) in [5.74, 6) is 0.820. The quantitative estimate of drug-likeness (QED) is 0.881. The van der Waals surface area contributed by atoms with Gasteiger partial charge in [0.2, 0.25) is 5.91 Å². The highest BCUT2D eigenvalue weighted by atomic mass is 32.1. The number of amides is 1. The third-order valence-electron chi connectivity index (χ3n) is 3.54. The van der Waals surface area contributed by atoms with Crippen LogP contribution in [0.25, 0.3) is 11.4 Å². The largest absolute Gasteiger partial charge is 0.341 e. The third-order valence-corrected chi connectivity index (χ3v) is 3.85. The maximum absolute atomic E-state index is 12.3. The van der Waals surface area contributed by atoms with E-state index in [1.165, 1.54) is 0 Å². The topological polar surface area (TPSA) is 53.9 Å². The van der Waals surface area contributed by atoms with Crippen LogP contribution in [0.15, 0.2) is 30.3 Å².